The topological polar surface area (TPSA) is 73.9 Å². The second kappa shape index (κ2) is 9.33. The van der Waals surface area contributed by atoms with Crippen molar-refractivity contribution >= 4 is 57.4 Å². The van der Waals surface area contributed by atoms with Crippen LogP contribution < -0.4 is 10.2 Å². The molecule has 0 bridgehead atoms. The molecule has 0 saturated heterocycles. The molecule has 7 heteroatoms. The molecule has 168 valence electrons. The van der Waals surface area contributed by atoms with Gasteiger partial charge in [-0.25, -0.2) is 4.98 Å². The Morgan fingerprint density at radius 1 is 1.00 bits per heavy atom. The fraction of sp³-hybridized carbons (Fsp3) is 0.0741. The summed E-state index contributed by atoms with van der Waals surface area (Å²) < 4.78 is 0. The lowest BCUT2D eigenvalue weighted by atomic mass is 10.1. The van der Waals surface area contributed by atoms with E-state index in [-0.39, 0.29) is 5.91 Å². The molecule has 0 radical (unpaired) electrons. The van der Waals surface area contributed by atoms with Gasteiger partial charge in [0.05, 0.1) is 11.2 Å². The number of amides is 1. The number of carbonyl (C=O) groups is 1. The van der Waals surface area contributed by atoms with Crippen LogP contribution in [0.1, 0.15) is 25.9 Å². The first-order valence-electron chi connectivity index (χ1n) is 10.9. The highest BCUT2D eigenvalue weighted by atomic mass is 32.1. The molecule has 2 aromatic heterocycles. The van der Waals surface area contributed by atoms with Gasteiger partial charge in [0.25, 0.3) is 5.91 Å². The fourth-order valence-electron chi connectivity index (χ4n) is 3.69. The number of hydrogen-bond acceptors (Lipinski definition) is 5. The normalized spacial score (nSPS) is 11.2. The lowest BCUT2D eigenvalue weighted by molar-refractivity contribution is 0.102. The number of nitrogens with zero attached hydrogens (tertiary/aromatic N) is 3. The van der Waals surface area contributed by atoms with Crippen LogP contribution in [0, 0.1) is 6.92 Å². The Bertz CT molecular complexity index is 1490. The van der Waals surface area contributed by atoms with E-state index in [4.69, 9.17) is 0 Å². The van der Waals surface area contributed by atoms with E-state index in [0.29, 0.717) is 5.01 Å². The maximum Gasteiger partial charge on any atom is 0.284 e. The van der Waals surface area contributed by atoms with Gasteiger partial charge < -0.3 is 10.2 Å². The summed E-state index contributed by atoms with van der Waals surface area (Å²) in [5.41, 5.74) is 5.67. The molecule has 0 aliphatic heterocycles. The van der Waals surface area contributed by atoms with Crippen molar-refractivity contribution in [2.45, 2.75) is 6.92 Å². The van der Waals surface area contributed by atoms with Crippen LogP contribution in [0.2, 0.25) is 0 Å². The first kappa shape index (κ1) is 21.6. The summed E-state index contributed by atoms with van der Waals surface area (Å²) in [6.45, 7) is 1.93. The van der Waals surface area contributed by atoms with Crippen LogP contribution in [0.4, 0.5) is 17.1 Å². The molecule has 5 rings (SSSR count). The molecule has 0 unspecified atom stereocenters. The minimum atomic E-state index is -0.201. The van der Waals surface area contributed by atoms with Crippen molar-refractivity contribution in [3.8, 4) is 0 Å². The SMILES string of the molecule is Cc1cnc(C(=O)Nc2cccc(N(C)c3ccc4c(/C=C/c5ccccc5)n[nH]c4c3)c2)s1. The second-order valence-corrected chi connectivity index (χ2v) is 9.16. The molecule has 0 saturated carbocycles. The zero-order valence-electron chi connectivity index (χ0n) is 18.8. The van der Waals surface area contributed by atoms with Crippen molar-refractivity contribution in [3.63, 3.8) is 0 Å². The summed E-state index contributed by atoms with van der Waals surface area (Å²) in [6.07, 6.45) is 5.79. The van der Waals surface area contributed by atoms with Crippen LogP contribution in [0.15, 0.2) is 79.0 Å². The minimum absolute atomic E-state index is 0.201. The van der Waals surface area contributed by atoms with E-state index in [2.05, 4.69) is 61.8 Å². The van der Waals surface area contributed by atoms with Crippen LogP contribution >= 0.6 is 11.3 Å². The number of hydrogen-bond donors (Lipinski definition) is 2. The van der Waals surface area contributed by atoms with Gasteiger partial charge in [-0.1, -0.05) is 42.5 Å². The van der Waals surface area contributed by atoms with E-state index in [1.807, 2.05) is 62.5 Å². The standard InChI is InChI=1S/C27H23N5OS/c1-18-17-28-27(34-18)26(33)29-20-9-6-10-21(15-20)32(2)22-12-13-23-24(30-31-25(23)16-22)14-11-19-7-4-3-5-8-19/h3-17H,1-2H3,(H,29,33)(H,30,31)/b14-11+. The first-order chi connectivity index (χ1) is 16.6. The van der Waals surface area contributed by atoms with E-state index >= 15 is 0 Å². The smallest absolute Gasteiger partial charge is 0.284 e. The molecular weight excluding hydrogens is 442 g/mol. The van der Waals surface area contributed by atoms with Crippen LogP contribution in [0.5, 0.6) is 0 Å². The molecule has 6 nitrogen and oxygen atoms in total. The predicted octanol–water partition coefficient (Wildman–Crippen LogP) is 6.52. The number of H-pyrrole nitrogens is 1. The highest BCUT2D eigenvalue weighted by Gasteiger charge is 2.12. The number of aromatic amines is 1. The molecule has 0 fully saturated rings. The van der Waals surface area contributed by atoms with Gasteiger partial charge in [-0.15, -0.1) is 11.3 Å². The molecule has 5 aromatic rings. The fourth-order valence-corrected chi connectivity index (χ4v) is 4.35. The number of aromatic nitrogens is 3. The van der Waals surface area contributed by atoms with E-state index < -0.39 is 0 Å². The van der Waals surface area contributed by atoms with Crippen molar-refractivity contribution in [2.24, 2.45) is 0 Å². The second-order valence-electron chi connectivity index (χ2n) is 7.92. The van der Waals surface area contributed by atoms with Crippen molar-refractivity contribution in [3.05, 3.63) is 100 Å². The van der Waals surface area contributed by atoms with Crippen LogP contribution in [0.3, 0.4) is 0 Å². The number of fused-ring (bicyclic) bond motifs is 1. The lowest BCUT2D eigenvalue weighted by Gasteiger charge is -2.20. The highest BCUT2D eigenvalue weighted by molar-refractivity contribution is 7.13. The van der Waals surface area contributed by atoms with E-state index in [1.54, 1.807) is 6.20 Å². The highest BCUT2D eigenvalue weighted by Crippen LogP contribution is 2.29. The molecule has 2 N–H and O–H groups in total. The van der Waals surface area contributed by atoms with Crippen molar-refractivity contribution in [1.29, 1.82) is 0 Å². The van der Waals surface area contributed by atoms with Crippen LogP contribution in [-0.4, -0.2) is 28.1 Å². The summed E-state index contributed by atoms with van der Waals surface area (Å²) in [5.74, 6) is -0.201. The summed E-state index contributed by atoms with van der Waals surface area (Å²) in [4.78, 5) is 19.7. The number of carbonyl (C=O) groups excluding carboxylic acids is 1. The quantitative estimate of drug-likeness (QED) is 0.299. The molecule has 2 heterocycles. The monoisotopic (exact) mass is 465 g/mol. The van der Waals surface area contributed by atoms with E-state index in [1.165, 1.54) is 11.3 Å². The molecule has 34 heavy (non-hydrogen) atoms. The number of nitrogens with one attached hydrogen (secondary N) is 2. The van der Waals surface area contributed by atoms with Crippen LogP contribution in [-0.2, 0) is 0 Å². The van der Waals surface area contributed by atoms with Crippen molar-refractivity contribution in [2.75, 3.05) is 17.3 Å². The molecule has 0 aliphatic rings. The number of rotatable bonds is 6. The van der Waals surface area contributed by atoms with Gasteiger partial charge in [0.1, 0.15) is 0 Å². The largest absolute Gasteiger partial charge is 0.344 e. The molecule has 1 amide bonds. The van der Waals surface area contributed by atoms with Crippen LogP contribution in [0.25, 0.3) is 23.1 Å². The Labute approximate surface area is 201 Å². The Morgan fingerprint density at radius 3 is 2.62 bits per heavy atom. The van der Waals surface area contributed by atoms with Crippen molar-refractivity contribution in [1.82, 2.24) is 15.2 Å². The summed E-state index contributed by atoms with van der Waals surface area (Å²) >= 11 is 1.38. The maximum atomic E-state index is 12.5. The Hall–Kier alpha value is -4.23. The first-order valence-corrected chi connectivity index (χ1v) is 11.7. The van der Waals surface area contributed by atoms with Gasteiger partial charge >= 0.3 is 0 Å². The van der Waals surface area contributed by atoms with Crippen molar-refractivity contribution < 1.29 is 4.79 Å². The zero-order chi connectivity index (χ0) is 23.5. The van der Waals surface area contributed by atoms with Gasteiger partial charge in [-0.2, -0.15) is 5.10 Å². The summed E-state index contributed by atoms with van der Waals surface area (Å²) in [5, 5.41) is 12.1. The summed E-state index contributed by atoms with van der Waals surface area (Å²) in [7, 11) is 2.00. The van der Waals surface area contributed by atoms with Gasteiger partial charge in [0.2, 0.25) is 0 Å². The van der Waals surface area contributed by atoms with Gasteiger partial charge in [-0.05, 0) is 55.0 Å². The predicted molar refractivity (Wildman–Crippen MR) is 141 cm³/mol. The minimum Gasteiger partial charge on any atom is -0.344 e. The number of benzene rings is 3. The average molecular weight is 466 g/mol. The number of thiazole rings is 1. The van der Waals surface area contributed by atoms with E-state index in [0.717, 1.165) is 44.1 Å². The third-order valence-electron chi connectivity index (χ3n) is 5.50. The summed E-state index contributed by atoms with van der Waals surface area (Å²) in [6, 6.07) is 24.1. The van der Waals surface area contributed by atoms with Gasteiger partial charge in [-0.3, -0.25) is 9.89 Å². The average Bonchev–Trinajstić information content (AvgIpc) is 3.49. The molecule has 0 spiro atoms. The maximum absolute atomic E-state index is 12.5. The number of aryl methyl sites for hydroxylation is 1. The molecule has 0 aliphatic carbocycles. The Balaban J connectivity index is 1.35. The molecule has 3 aromatic carbocycles. The molecular formula is C27H23N5OS. The third-order valence-corrected chi connectivity index (χ3v) is 6.41. The van der Waals surface area contributed by atoms with Gasteiger partial charge in [0, 0.05) is 40.6 Å². The lowest BCUT2D eigenvalue weighted by Crippen LogP contribution is -2.13. The van der Waals surface area contributed by atoms with Gasteiger partial charge in [0.15, 0.2) is 5.01 Å². The Kier molecular flexibility index (Phi) is 5.93. The Morgan fingerprint density at radius 2 is 1.82 bits per heavy atom. The molecule has 0 atom stereocenters. The number of anilines is 3. The van der Waals surface area contributed by atoms with E-state index in [9.17, 15) is 4.79 Å². The third kappa shape index (κ3) is 4.60. The zero-order valence-corrected chi connectivity index (χ0v) is 19.6.